The molecule has 1 unspecified atom stereocenters. The van der Waals surface area contributed by atoms with Crippen LogP contribution in [-0.4, -0.2) is 37.2 Å². The summed E-state index contributed by atoms with van der Waals surface area (Å²) in [4.78, 5) is 38.0. The van der Waals surface area contributed by atoms with Crippen LogP contribution in [0.3, 0.4) is 0 Å². The Kier molecular flexibility index (Phi) is 53.4. The second kappa shape index (κ2) is 56.2. The molecule has 1 atom stereocenters. The zero-order valence-electron chi connectivity index (χ0n) is 44.6. The Balaban J connectivity index is 4.38. The van der Waals surface area contributed by atoms with Crippen LogP contribution in [0.25, 0.3) is 0 Å². The normalized spacial score (nSPS) is 12.7. The van der Waals surface area contributed by atoms with Crippen LogP contribution in [0.5, 0.6) is 0 Å². The molecule has 0 amide bonds. The molecule has 0 aliphatic carbocycles. The predicted octanol–water partition coefficient (Wildman–Crippen LogP) is 19.2. The Hall–Kier alpha value is -3.41. The number of esters is 3. The molecule has 0 saturated heterocycles. The van der Waals surface area contributed by atoms with Gasteiger partial charge in [-0.05, 0) is 77.0 Å². The molecule has 0 aliphatic heterocycles. The molecule has 68 heavy (non-hydrogen) atoms. The van der Waals surface area contributed by atoms with Crippen molar-refractivity contribution >= 4 is 17.9 Å². The Morgan fingerprint density at radius 1 is 0.324 bits per heavy atom. The smallest absolute Gasteiger partial charge is 0.310 e. The summed E-state index contributed by atoms with van der Waals surface area (Å²) in [5.41, 5.74) is 0. The van der Waals surface area contributed by atoms with E-state index in [4.69, 9.17) is 14.2 Å². The van der Waals surface area contributed by atoms with Crippen LogP contribution in [0.4, 0.5) is 0 Å². The first-order valence-corrected chi connectivity index (χ1v) is 28.6. The van der Waals surface area contributed by atoms with Crippen LogP contribution in [0.15, 0.2) is 85.1 Å². The summed E-state index contributed by atoms with van der Waals surface area (Å²) in [5, 5.41) is 0. The zero-order chi connectivity index (χ0) is 49.3. The lowest BCUT2D eigenvalue weighted by Crippen LogP contribution is -2.30. The summed E-state index contributed by atoms with van der Waals surface area (Å²) in [7, 11) is 0. The Labute approximate surface area is 420 Å². The number of hydrogen-bond acceptors (Lipinski definition) is 6. The second-order valence-electron chi connectivity index (χ2n) is 18.8. The van der Waals surface area contributed by atoms with Crippen molar-refractivity contribution in [1.82, 2.24) is 0 Å². The van der Waals surface area contributed by atoms with E-state index in [2.05, 4.69) is 93.7 Å². The maximum absolute atomic E-state index is 12.8. The maximum atomic E-state index is 12.8. The van der Waals surface area contributed by atoms with Crippen LogP contribution in [0.2, 0.25) is 0 Å². The van der Waals surface area contributed by atoms with Crippen molar-refractivity contribution in [1.29, 1.82) is 0 Å². The van der Waals surface area contributed by atoms with Crippen molar-refractivity contribution in [3.63, 3.8) is 0 Å². The molecule has 0 heterocycles. The first-order chi connectivity index (χ1) is 33.5. The van der Waals surface area contributed by atoms with Gasteiger partial charge < -0.3 is 14.2 Å². The summed E-state index contributed by atoms with van der Waals surface area (Å²) < 4.78 is 16.7. The van der Waals surface area contributed by atoms with E-state index < -0.39 is 12.1 Å². The molecule has 0 aromatic carbocycles. The summed E-state index contributed by atoms with van der Waals surface area (Å²) in [6, 6.07) is 0. The Bertz CT molecular complexity index is 1320. The highest BCUT2D eigenvalue weighted by Crippen LogP contribution is 2.15. The van der Waals surface area contributed by atoms with Gasteiger partial charge in [0, 0.05) is 12.8 Å². The topological polar surface area (TPSA) is 78.9 Å². The van der Waals surface area contributed by atoms with Gasteiger partial charge in [0.2, 0.25) is 0 Å². The lowest BCUT2D eigenvalue weighted by molar-refractivity contribution is -0.166. The van der Waals surface area contributed by atoms with Gasteiger partial charge in [0.25, 0.3) is 0 Å². The van der Waals surface area contributed by atoms with E-state index in [1.807, 2.05) is 6.08 Å². The molecule has 0 aromatic rings. The molecule has 6 nitrogen and oxygen atoms in total. The lowest BCUT2D eigenvalue weighted by Gasteiger charge is -2.18. The average molecular weight is 948 g/mol. The van der Waals surface area contributed by atoms with Crippen LogP contribution in [0.1, 0.15) is 271 Å². The van der Waals surface area contributed by atoms with Gasteiger partial charge in [-0.3, -0.25) is 14.4 Å². The van der Waals surface area contributed by atoms with Gasteiger partial charge in [-0.2, -0.15) is 0 Å². The molecule has 0 aliphatic rings. The molecule has 0 N–H and O–H groups in total. The minimum atomic E-state index is -0.830. The van der Waals surface area contributed by atoms with Crippen LogP contribution in [0, 0.1) is 0 Å². The number of carbonyl (C=O) groups is 3. The summed E-state index contributed by atoms with van der Waals surface area (Å²) in [6.45, 7) is 6.44. The van der Waals surface area contributed by atoms with Crippen molar-refractivity contribution in [2.45, 2.75) is 277 Å². The zero-order valence-corrected chi connectivity index (χ0v) is 44.6. The molecule has 0 spiro atoms. The highest BCUT2D eigenvalue weighted by atomic mass is 16.6. The third-order valence-electron chi connectivity index (χ3n) is 12.2. The molecule has 0 rings (SSSR count). The summed E-state index contributed by atoms with van der Waals surface area (Å²) >= 11 is 0. The lowest BCUT2D eigenvalue weighted by atomic mass is 10.0. The third kappa shape index (κ3) is 53.5. The first kappa shape index (κ1) is 64.6. The van der Waals surface area contributed by atoms with Gasteiger partial charge in [0.05, 0.1) is 6.42 Å². The van der Waals surface area contributed by atoms with Crippen LogP contribution >= 0.6 is 0 Å². The molecule has 0 radical (unpaired) electrons. The van der Waals surface area contributed by atoms with Crippen molar-refractivity contribution in [2.24, 2.45) is 0 Å². The van der Waals surface area contributed by atoms with E-state index in [0.29, 0.717) is 12.8 Å². The minimum absolute atomic E-state index is 0.0976. The van der Waals surface area contributed by atoms with Crippen molar-refractivity contribution in [2.75, 3.05) is 13.2 Å². The quantitative estimate of drug-likeness (QED) is 0.0262. The van der Waals surface area contributed by atoms with Gasteiger partial charge >= 0.3 is 17.9 Å². The van der Waals surface area contributed by atoms with E-state index >= 15 is 0 Å². The highest BCUT2D eigenvalue weighted by molar-refractivity contribution is 5.72. The summed E-state index contributed by atoms with van der Waals surface area (Å²) in [5.74, 6) is -1.04. The third-order valence-corrected chi connectivity index (χ3v) is 12.2. The van der Waals surface area contributed by atoms with E-state index in [1.165, 1.54) is 154 Å². The summed E-state index contributed by atoms with van der Waals surface area (Å²) in [6.07, 6.45) is 73.2. The fourth-order valence-corrected chi connectivity index (χ4v) is 7.90. The molecule has 390 valence electrons. The van der Waals surface area contributed by atoms with Gasteiger partial charge in [-0.25, -0.2) is 0 Å². The number of carbonyl (C=O) groups excluding carboxylic acids is 3. The molecular weight excluding hydrogens is 841 g/mol. The van der Waals surface area contributed by atoms with E-state index in [0.717, 1.165) is 77.0 Å². The predicted molar refractivity (Wildman–Crippen MR) is 293 cm³/mol. The van der Waals surface area contributed by atoms with Crippen LogP contribution < -0.4 is 0 Å². The molecule has 0 aromatic heterocycles. The number of hydrogen-bond donors (Lipinski definition) is 0. The van der Waals surface area contributed by atoms with Gasteiger partial charge in [0.1, 0.15) is 13.2 Å². The molecule has 0 saturated carbocycles. The van der Waals surface area contributed by atoms with Crippen molar-refractivity contribution in [3.05, 3.63) is 85.1 Å². The van der Waals surface area contributed by atoms with Crippen molar-refractivity contribution < 1.29 is 28.6 Å². The maximum Gasteiger partial charge on any atom is 0.310 e. The van der Waals surface area contributed by atoms with E-state index in [1.54, 1.807) is 6.08 Å². The van der Waals surface area contributed by atoms with Crippen LogP contribution in [-0.2, 0) is 28.6 Å². The van der Waals surface area contributed by atoms with E-state index in [-0.39, 0.29) is 31.6 Å². The Morgan fingerprint density at radius 3 is 0.971 bits per heavy atom. The molecule has 0 fully saturated rings. The first-order valence-electron chi connectivity index (χ1n) is 28.6. The van der Waals surface area contributed by atoms with E-state index in [9.17, 15) is 14.4 Å². The SMILES string of the molecule is CC/C=C\C/C=C\C/C=C\C/C=C\C/C=C\CC(=O)OC(COC(=O)CCCCCCCCCCCCCC)COC(=O)CCCCCCCCCCCCC/C=C\C/C=C\CCCCCCC. The van der Waals surface area contributed by atoms with Gasteiger partial charge in [0.15, 0.2) is 6.10 Å². The minimum Gasteiger partial charge on any atom is -0.462 e. The second-order valence-corrected chi connectivity index (χ2v) is 18.8. The molecule has 6 heteroatoms. The largest absolute Gasteiger partial charge is 0.462 e. The fraction of sp³-hybridized carbons (Fsp3) is 0.726. The average Bonchev–Trinajstić information content (AvgIpc) is 3.34. The fourth-order valence-electron chi connectivity index (χ4n) is 7.90. The number of ether oxygens (including phenoxy) is 3. The Morgan fingerprint density at radius 2 is 0.618 bits per heavy atom. The van der Waals surface area contributed by atoms with Gasteiger partial charge in [-0.1, -0.05) is 260 Å². The number of unbranched alkanes of at least 4 members (excludes halogenated alkanes) is 27. The van der Waals surface area contributed by atoms with Crippen molar-refractivity contribution in [3.8, 4) is 0 Å². The number of rotatable bonds is 51. The molecular formula is C62H106O6. The standard InChI is InChI=1S/C62H106O6/c1-4-7-10-13-16-19-22-25-27-28-29-30-31-32-33-34-36-37-40-43-46-49-52-55-61(64)67-58-59(57-66-60(63)54-51-48-45-42-39-24-21-18-15-12-9-6-3)68-62(65)56-53-50-47-44-41-38-35-26-23-20-17-14-11-8-5-2/h8,11,17,20,22,25-26,28-29,35,41,44,50,53,59H,4-7,9-10,12-16,18-19,21,23-24,27,30-34,36-40,42-43,45-49,51-52,54-58H2,1-3H3/b11-8-,20-17-,25-22-,29-28-,35-26-,44-41-,53-50-. The number of allylic oxidation sites excluding steroid dienone is 13. The highest BCUT2D eigenvalue weighted by Gasteiger charge is 2.19. The van der Waals surface area contributed by atoms with Gasteiger partial charge in [-0.15, -0.1) is 0 Å². The molecule has 0 bridgehead atoms. The monoisotopic (exact) mass is 947 g/mol.